The minimum atomic E-state index is -0.238. The standard InChI is InChI=1S/C25H30FN5O.HI/c1-27-25(28-12-11-20-17-29-23-15-21(26)9-10-22(20)23)30-16-18-5-7-19(8-6-18)24(32)31-13-3-2-4-14-31;/h5-10,15,17,29H,2-4,11-14,16H2,1H3,(H2,27,28,30);1H. The van der Waals surface area contributed by atoms with E-state index in [0.717, 1.165) is 59.9 Å². The molecule has 3 aromatic rings. The SMILES string of the molecule is CN=C(NCCc1c[nH]c2cc(F)ccc12)NCc1ccc(C(=O)N2CCCCC2)cc1.I. The number of hydrogen-bond donors (Lipinski definition) is 3. The molecule has 0 bridgehead atoms. The average molecular weight is 563 g/mol. The third kappa shape index (κ3) is 6.46. The summed E-state index contributed by atoms with van der Waals surface area (Å²) in [6, 6.07) is 12.6. The van der Waals surface area contributed by atoms with Crippen molar-refractivity contribution in [2.24, 2.45) is 4.99 Å². The first-order chi connectivity index (χ1) is 15.6. The van der Waals surface area contributed by atoms with E-state index in [-0.39, 0.29) is 35.7 Å². The van der Waals surface area contributed by atoms with Gasteiger partial charge in [0.2, 0.25) is 0 Å². The second-order valence-electron chi connectivity index (χ2n) is 8.16. The van der Waals surface area contributed by atoms with Crippen molar-refractivity contribution in [1.29, 1.82) is 0 Å². The smallest absolute Gasteiger partial charge is 0.253 e. The average Bonchev–Trinajstić information content (AvgIpc) is 3.23. The Hall–Kier alpha value is -2.62. The normalized spacial score (nSPS) is 14.1. The Balaban J connectivity index is 0.00000306. The fourth-order valence-corrected chi connectivity index (χ4v) is 4.13. The van der Waals surface area contributed by atoms with Gasteiger partial charge in [-0.3, -0.25) is 9.79 Å². The van der Waals surface area contributed by atoms with Crippen molar-refractivity contribution in [2.45, 2.75) is 32.2 Å². The van der Waals surface area contributed by atoms with Crippen LogP contribution in [0, 0.1) is 5.82 Å². The van der Waals surface area contributed by atoms with Crippen LogP contribution in [0.5, 0.6) is 0 Å². The van der Waals surface area contributed by atoms with Crippen LogP contribution in [-0.4, -0.2) is 48.4 Å². The van der Waals surface area contributed by atoms with Crippen LogP contribution in [0.4, 0.5) is 4.39 Å². The largest absolute Gasteiger partial charge is 0.361 e. The number of hydrogen-bond acceptors (Lipinski definition) is 2. The lowest BCUT2D eigenvalue weighted by molar-refractivity contribution is 0.0724. The van der Waals surface area contributed by atoms with Gasteiger partial charge >= 0.3 is 0 Å². The number of carbonyl (C=O) groups is 1. The number of aromatic nitrogens is 1. The number of likely N-dealkylation sites (tertiary alicyclic amines) is 1. The lowest BCUT2D eigenvalue weighted by atomic mass is 10.1. The number of benzene rings is 2. The van der Waals surface area contributed by atoms with Gasteiger partial charge in [0.1, 0.15) is 5.82 Å². The van der Waals surface area contributed by atoms with E-state index in [1.54, 1.807) is 7.05 Å². The first kappa shape index (κ1) is 25.0. The van der Waals surface area contributed by atoms with Gasteiger partial charge in [0.15, 0.2) is 5.96 Å². The van der Waals surface area contributed by atoms with Gasteiger partial charge in [-0.1, -0.05) is 12.1 Å². The van der Waals surface area contributed by atoms with E-state index in [9.17, 15) is 9.18 Å². The number of H-pyrrole nitrogens is 1. The maximum absolute atomic E-state index is 13.3. The number of nitrogens with zero attached hydrogens (tertiary/aromatic N) is 2. The van der Waals surface area contributed by atoms with Gasteiger partial charge in [0, 0.05) is 55.9 Å². The Bertz CT molecular complexity index is 1090. The van der Waals surface area contributed by atoms with Crippen LogP contribution in [0.3, 0.4) is 0 Å². The van der Waals surface area contributed by atoms with Crippen molar-refractivity contribution in [3.05, 3.63) is 71.2 Å². The molecule has 1 fully saturated rings. The quantitative estimate of drug-likeness (QED) is 0.236. The van der Waals surface area contributed by atoms with Gasteiger partial charge in [-0.15, -0.1) is 24.0 Å². The summed E-state index contributed by atoms with van der Waals surface area (Å²) in [4.78, 5) is 21.9. The lowest BCUT2D eigenvalue weighted by Crippen LogP contribution is -2.37. The molecule has 2 aromatic carbocycles. The van der Waals surface area contributed by atoms with Crippen LogP contribution in [0.2, 0.25) is 0 Å². The van der Waals surface area contributed by atoms with Gasteiger partial charge in [0.05, 0.1) is 0 Å². The van der Waals surface area contributed by atoms with Gasteiger partial charge in [0.25, 0.3) is 5.91 Å². The van der Waals surface area contributed by atoms with Crippen LogP contribution in [0.1, 0.15) is 40.7 Å². The Morgan fingerprint density at radius 3 is 2.58 bits per heavy atom. The van der Waals surface area contributed by atoms with Crippen LogP contribution < -0.4 is 10.6 Å². The van der Waals surface area contributed by atoms with E-state index in [1.165, 1.54) is 18.6 Å². The molecule has 176 valence electrons. The topological polar surface area (TPSA) is 72.5 Å². The molecule has 0 radical (unpaired) electrons. The molecule has 1 aliphatic heterocycles. The predicted molar refractivity (Wildman–Crippen MR) is 142 cm³/mol. The number of carbonyl (C=O) groups excluding carboxylic acids is 1. The summed E-state index contributed by atoms with van der Waals surface area (Å²) in [5, 5.41) is 7.66. The van der Waals surface area contributed by atoms with Crippen LogP contribution in [-0.2, 0) is 13.0 Å². The molecule has 0 aliphatic carbocycles. The van der Waals surface area contributed by atoms with E-state index >= 15 is 0 Å². The molecular formula is C25H31FIN5O. The first-order valence-corrected chi connectivity index (χ1v) is 11.2. The Morgan fingerprint density at radius 1 is 1.09 bits per heavy atom. The molecule has 1 amide bonds. The molecule has 1 saturated heterocycles. The predicted octanol–water partition coefficient (Wildman–Crippen LogP) is 4.46. The second kappa shape index (κ2) is 12.0. The van der Waals surface area contributed by atoms with Gasteiger partial charge in [-0.05, 0) is 67.1 Å². The van der Waals surface area contributed by atoms with Crippen molar-refractivity contribution in [2.75, 3.05) is 26.7 Å². The summed E-state index contributed by atoms with van der Waals surface area (Å²) in [6.07, 6.45) is 6.12. The maximum Gasteiger partial charge on any atom is 0.253 e. The third-order valence-corrected chi connectivity index (χ3v) is 5.94. The second-order valence-corrected chi connectivity index (χ2v) is 8.16. The van der Waals surface area contributed by atoms with Crippen LogP contribution in [0.25, 0.3) is 10.9 Å². The van der Waals surface area contributed by atoms with Crippen molar-refractivity contribution >= 4 is 46.7 Å². The molecule has 0 spiro atoms. The summed E-state index contributed by atoms with van der Waals surface area (Å²) in [7, 11) is 1.74. The molecular weight excluding hydrogens is 532 g/mol. The molecule has 33 heavy (non-hydrogen) atoms. The number of aliphatic imine (C=N–C) groups is 1. The number of halogens is 2. The van der Waals surface area contributed by atoms with Crippen molar-refractivity contribution < 1.29 is 9.18 Å². The summed E-state index contributed by atoms with van der Waals surface area (Å²) < 4.78 is 13.3. The summed E-state index contributed by atoms with van der Waals surface area (Å²) >= 11 is 0. The zero-order valence-electron chi connectivity index (χ0n) is 18.9. The summed E-state index contributed by atoms with van der Waals surface area (Å²) in [6.45, 7) is 3.04. The monoisotopic (exact) mass is 563 g/mol. The lowest BCUT2D eigenvalue weighted by Gasteiger charge is -2.26. The number of nitrogens with one attached hydrogen (secondary N) is 3. The highest BCUT2D eigenvalue weighted by Crippen LogP contribution is 2.19. The van der Waals surface area contributed by atoms with E-state index in [2.05, 4.69) is 20.6 Å². The van der Waals surface area contributed by atoms with E-state index < -0.39 is 0 Å². The Morgan fingerprint density at radius 2 is 1.85 bits per heavy atom. The molecule has 2 heterocycles. The molecule has 0 unspecified atom stereocenters. The van der Waals surface area contributed by atoms with Crippen molar-refractivity contribution in [1.82, 2.24) is 20.5 Å². The van der Waals surface area contributed by atoms with Crippen molar-refractivity contribution in [3.63, 3.8) is 0 Å². The Labute approximate surface area is 211 Å². The molecule has 1 aliphatic rings. The van der Waals surface area contributed by atoms with Crippen LogP contribution in [0.15, 0.2) is 53.7 Å². The number of aromatic amines is 1. The molecule has 0 atom stereocenters. The fraction of sp³-hybridized carbons (Fsp3) is 0.360. The maximum atomic E-state index is 13.3. The molecule has 6 nitrogen and oxygen atoms in total. The highest BCUT2D eigenvalue weighted by Gasteiger charge is 2.17. The highest BCUT2D eigenvalue weighted by atomic mass is 127. The third-order valence-electron chi connectivity index (χ3n) is 5.94. The number of fused-ring (bicyclic) bond motifs is 1. The minimum Gasteiger partial charge on any atom is -0.361 e. The number of guanidine groups is 1. The summed E-state index contributed by atoms with van der Waals surface area (Å²) in [5.41, 5.74) is 3.78. The molecule has 1 aromatic heterocycles. The zero-order valence-corrected chi connectivity index (χ0v) is 21.2. The van der Waals surface area contributed by atoms with Gasteiger partial charge in [-0.25, -0.2) is 4.39 Å². The minimum absolute atomic E-state index is 0. The number of piperidine rings is 1. The zero-order chi connectivity index (χ0) is 22.3. The Kier molecular flexibility index (Phi) is 9.11. The number of amides is 1. The molecule has 4 rings (SSSR count). The van der Waals surface area contributed by atoms with Gasteiger partial charge < -0.3 is 20.5 Å². The summed E-state index contributed by atoms with van der Waals surface area (Å²) in [5.74, 6) is 0.601. The molecule has 8 heteroatoms. The van der Waals surface area contributed by atoms with E-state index in [0.29, 0.717) is 19.0 Å². The highest BCUT2D eigenvalue weighted by molar-refractivity contribution is 14.0. The van der Waals surface area contributed by atoms with E-state index in [1.807, 2.05) is 41.4 Å². The fourth-order valence-electron chi connectivity index (χ4n) is 4.13. The number of rotatable bonds is 6. The first-order valence-electron chi connectivity index (χ1n) is 11.2. The van der Waals surface area contributed by atoms with Crippen LogP contribution >= 0.6 is 24.0 Å². The van der Waals surface area contributed by atoms with Crippen molar-refractivity contribution in [3.8, 4) is 0 Å². The molecule has 0 saturated carbocycles. The van der Waals surface area contributed by atoms with E-state index in [4.69, 9.17) is 0 Å². The van der Waals surface area contributed by atoms with Gasteiger partial charge in [-0.2, -0.15) is 0 Å². The molecule has 3 N–H and O–H groups in total.